The second-order valence-electron chi connectivity index (χ2n) is 3.92. The van der Waals surface area contributed by atoms with Gasteiger partial charge in [0.2, 0.25) is 0 Å². The summed E-state index contributed by atoms with van der Waals surface area (Å²) >= 11 is 6.01. The van der Waals surface area contributed by atoms with Crippen molar-refractivity contribution in [2.24, 2.45) is 0 Å². The highest BCUT2D eigenvalue weighted by Gasteiger charge is 2.08. The lowest BCUT2D eigenvalue weighted by Crippen LogP contribution is -1.93. The van der Waals surface area contributed by atoms with E-state index in [1.54, 1.807) is 37.3 Å². The molecule has 2 rings (SSSR count). The number of rotatable bonds is 3. The molecule has 0 heterocycles. The zero-order valence-corrected chi connectivity index (χ0v) is 10.5. The summed E-state index contributed by atoms with van der Waals surface area (Å²) < 4.78 is 18.4. The van der Waals surface area contributed by atoms with Crippen LogP contribution in [0.4, 0.5) is 4.39 Å². The molecule has 2 aromatic rings. The highest BCUT2D eigenvalue weighted by atomic mass is 35.5. The van der Waals surface area contributed by atoms with Gasteiger partial charge in [-0.05, 0) is 36.8 Å². The fourth-order valence-electron chi connectivity index (χ4n) is 1.58. The van der Waals surface area contributed by atoms with Crippen LogP contribution >= 0.6 is 11.6 Å². The number of halogens is 2. The average molecular weight is 267 g/mol. The van der Waals surface area contributed by atoms with E-state index in [0.717, 1.165) is 0 Å². The Morgan fingerprint density at radius 1 is 1.17 bits per heavy atom. The Labute approximate surface area is 110 Å². The molecule has 1 unspecified atom stereocenters. The first-order chi connectivity index (χ1) is 8.56. The van der Waals surface area contributed by atoms with E-state index in [-0.39, 0.29) is 5.82 Å². The topological polar surface area (TPSA) is 29.5 Å². The summed E-state index contributed by atoms with van der Waals surface area (Å²) in [6.07, 6.45) is -0.638. The van der Waals surface area contributed by atoms with Gasteiger partial charge in [-0.25, -0.2) is 4.39 Å². The van der Waals surface area contributed by atoms with Gasteiger partial charge in [-0.15, -0.1) is 0 Å². The monoisotopic (exact) mass is 266 g/mol. The average Bonchev–Trinajstić information content (AvgIpc) is 2.28. The van der Waals surface area contributed by atoms with Gasteiger partial charge in [-0.1, -0.05) is 23.7 Å². The minimum absolute atomic E-state index is 0.362. The van der Waals surface area contributed by atoms with E-state index in [1.807, 2.05) is 0 Å². The Kier molecular flexibility index (Phi) is 3.84. The van der Waals surface area contributed by atoms with Crippen molar-refractivity contribution in [3.05, 3.63) is 58.9 Å². The van der Waals surface area contributed by atoms with Crippen molar-refractivity contribution in [2.45, 2.75) is 13.0 Å². The van der Waals surface area contributed by atoms with Crippen LogP contribution in [0.2, 0.25) is 5.02 Å². The third-order valence-corrected chi connectivity index (χ3v) is 2.78. The van der Waals surface area contributed by atoms with Crippen molar-refractivity contribution < 1.29 is 14.2 Å². The molecule has 0 saturated carbocycles. The van der Waals surface area contributed by atoms with Crippen molar-refractivity contribution in [1.82, 2.24) is 0 Å². The molecule has 0 aromatic heterocycles. The van der Waals surface area contributed by atoms with Crippen LogP contribution in [0.15, 0.2) is 42.5 Å². The first-order valence-electron chi connectivity index (χ1n) is 5.47. The standard InChI is InChI=1S/C14H12ClFO2/c1-9(17)13-6-5-12(8-14(13)15)18-11-4-2-3-10(16)7-11/h2-9,17H,1H3. The minimum Gasteiger partial charge on any atom is -0.457 e. The van der Waals surface area contributed by atoms with Crippen LogP contribution in [0.5, 0.6) is 11.5 Å². The molecule has 0 aliphatic rings. The number of ether oxygens (including phenoxy) is 1. The fourth-order valence-corrected chi connectivity index (χ4v) is 1.91. The van der Waals surface area contributed by atoms with E-state index in [9.17, 15) is 9.50 Å². The molecule has 2 nitrogen and oxygen atoms in total. The van der Waals surface area contributed by atoms with Crippen molar-refractivity contribution >= 4 is 11.6 Å². The minimum atomic E-state index is -0.638. The van der Waals surface area contributed by atoms with E-state index in [4.69, 9.17) is 16.3 Å². The van der Waals surface area contributed by atoms with Gasteiger partial charge in [0.25, 0.3) is 0 Å². The maximum atomic E-state index is 13.0. The molecule has 1 N–H and O–H groups in total. The lowest BCUT2D eigenvalue weighted by atomic mass is 10.1. The van der Waals surface area contributed by atoms with Crippen molar-refractivity contribution in [3.63, 3.8) is 0 Å². The van der Waals surface area contributed by atoms with E-state index >= 15 is 0 Å². The van der Waals surface area contributed by atoms with Crippen molar-refractivity contribution in [2.75, 3.05) is 0 Å². The molecular weight excluding hydrogens is 255 g/mol. The lowest BCUT2D eigenvalue weighted by Gasteiger charge is -2.10. The lowest BCUT2D eigenvalue weighted by molar-refractivity contribution is 0.199. The Balaban J connectivity index is 2.23. The fraction of sp³-hybridized carbons (Fsp3) is 0.143. The smallest absolute Gasteiger partial charge is 0.130 e. The van der Waals surface area contributed by atoms with Crippen LogP contribution in [-0.4, -0.2) is 5.11 Å². The molecule has 0 radical (unpaired) electrons. The Hall–Kier alpha value is -1.58. The molecule has 0 bridgehead atoms. The van der Waals surface area contributed by atoms with Gasteiger partial charge in [-0.2, -0.15) is 0 Å². The molecule has 0 aliphatic carbocycles. The highest BCUT2D eigenvalue weighted by Crippen LogP contribution is 2.29. The summed E-state index contributed by atoms with van der Waals surface area (Å²) in [5, 5.41) is 9.86. The maximum Gasteiger partial charge on any atom is 0.130 e. The largest absolute Gasteiger partial charge is 0.457 e. The van der Waals surface area contributed by atoms with Gasteiger partial charge in [0, 0.05) is 6.07 Å². The van der Waals surface area contributed by atoms with E-state index in [1.165, 1.54) is 12.1 Å². The molecule has 0 saturated heterocycles. The summed E-state index contributed by atoms with van der Waals surface area (Å²) in [5.41, 5.74) is 0.628. The third kappa shape index (κ3) is 3.00. The van der Waals surface area contributed by atoms with Crippen LogP contribution in [0.3, 0.4) is 0 Å². The van der Waals surface area contributed by atoms with Crippen LogP contribution in [0.25, 0.3) is 0 Å². The van der Waals surface area contributed by atoms with Crippen molar-refractivity contribution in [1.29, 1.82) is 0 Å². The molecule has 1 atom stereocenters. The van der Waals surface area contributed by atoms with Gasteiger partial charge in [0.05, 0.1) is 11.1 Å². The van der Waals surface area contributed by atoms with Crippen LogP contribution < -0.4 is 4.74 Å². The highest BCUT2D eigenvalue weighted by molar-refractivity contribution is 6.31. The summed E-state index contributed by atoms with van der Waals surface area (Å²) in [6, 6.07) is 10.8. The van der Waals surface area contributed by atoms with Crippen LogP contribution in [0.1, 0.15) is 18.6 Å². The molecule has 94 valence electrons. The van der Waals surface area contributed by atoms with Crippen LogP contribution in [0, 0.1) is 5.82 Å². The quantitative estimate of drug-likeness (QED) is 0.896. The Bertz CT molecular complexity index is 555. The second kappa shape index (κ2) is 5.38. The van der Waals surface area contributed by atoms with Gasteiger partial charge in [-0.3, -0.25) is 0 Å². The summed E-state index contributed by atoms with van der Waals surface area (Å²) in [4.78, 5) is 0. The predicted octanol–water partition coefficient (Wildman–Crippen LogP) is 4.32. The number of hydrogen-bond donors (Lipinski definition) is 1. The number of benzene rings is 2. The Morgan fingerprint density at radius 3 is 2.50 bits per heavy atom. The number of aliphatic hydroxyl groups is 1. The third-order valence-electron chi connectivity index (χ3n) is 2.45. The van der Waals surface area contributed by atoms with Gasteiger partial charge in [0.15, 0.2) is 0 Å². The zero-order valence-electron chi connectivity index (χ0n) is 9.73. The molecular formula is C14H12ClFO2. The molecule has 18 heavy (non-hydrogen) atoms. The number of aliphatic hydroxyl groups excluding tert-OH is 1. The van der Waals surface area contributed by atoms with E-state index < -0.39 is 6.10 Å². The van der Waals surface area contributed by atoms with Crippen molar-refractivity contribution in [3.8, 4) is 11.5 Å². The van der Waals surface area contributed by atoms with Gasteiger partial charge in [0.1, 0.15) is 17.3 Å². The first-order valence-corrected chi connectivity index (χ1v) is 5.85. The summed E-state index contributed by atoms with van der Waals surface area (Å²) in [7, 11) is 0. The molecule has 0 fully saturated rings. The SMILES string of the molecule is CC(O)c1ccc(Oc2cccc(F)c2)cc1Cl. The van der Waals surface area contributed by atoms with Crippen LogP contribution in [-0.2, 0) is 0 Å². The Morgan fingerprint density at radius 2 is 1.89 bits per heavy atom. The molecule has 2 aromatic carbocycles. The summed E-state index contributed by atoms with van der Waals surface area (Å²) in [6.45, 7) is 1.63. The van der Waals surface area contributed by atoms with E-state index in [2.05, 4.69) is 0 Å². The van der Waals surface area contributed by atoms with Gasteiger partial charge < -0.3 is 9.84 Å². The second-order valence-corrected chi connectivity index (χ2v) is 4.33. The zero-order chi connectivity index (χ0) is 13.1. The maximum absolute atomic E-state index is 13.0. The summed E-state index contributed by atoms with van der Waals surface area (Å²) in [5.74, 6) is 0.532. The molecule has 4 heteroatoms. The normalized spacial score (nSPS) is 12.2. The molecule has 0 spiro atoms. The number of hydrogen-bond acceptors (Lipinski definition) is 2. The molecule has 0 aliphatic heterocycles. The molecule has 0 amide bonds. The predicted molar refractivity (Wildman–Crippen MR) is 68.6 cm³/mol. The van der Waals surface area contributed by atoms with Gasteiger partial charge >= 0.3 is 0 Å². The first kappa shape index (κ1) is 12.9. The van der Waals surface area contributed by atoms with E-state index in [0.29, 0.717) is 22.1 Å².